The molecule has 1 aliphatic heterocycles. The number of hydrogen-bond acceptors (Lipinski definition) is 8. The van der Waals surface area contributed by atoms with Crippen LogP contribution in [0.25, 0.3) is 15.7 Å². The maximum Gasteiger partial charge on any atom is 0.226 e. The van der Waals surface area contributed by atoms with E-state index in [1.54, 1.807) is 33.1 Å². The maximum atomic E-state index is 13.0. The second kappa shape index (κ2) is 7.91. The predicted molar refractivity (Wildman–Crippen MR) is 125 cm³/mol. The number of likely N-dealkylation sites (tertiary alicyclic amines) is 1. The predicted octanol–water partition coefficient (Wildman–Crippen LogP) is 2.40. The molecule has 1 saturated heterocycles. The fourth-order valence-electron chi connectivity index (χ4n) is 4.79. The molecule has 4 aromatic rings. The van der Waals surface area contributed by atoms with Crippen molar-refractivity contribution >= 4 is 56.1 Å². The van der Waals surface area contributed by atoms with E-state index in [-0.39, 0.29) is 24.9 Å². The zero-order chi connectivity index (χ0) is 22.7. The summed E-state index contributed by atoms with van der Waals surface area (Å²) in [5.74, 6) is 0.531. The number of carbonyl (C=O) groups excluding carboxylic acids is 1. The second-order valence-corrected chi connectivity index (χ2v) is 10.1. The average molecular weight is 485 g/mol. The van der Waals surface area contributed by atoms with Crippen molar-refractivity contribution in [3.8, 4) is 0 Å². The van der Waals surface area contributed by atoms with E-state index in [1.165, 1.54) is 11.9 Å². The molecule has 2 aliphatic rings. The highest BCUT2D eigenvalue weighted by Crippen LogP contribution is 2.41. The van der Waals surface area contributed by atoms with Crippen LogP contribution in [0, 0.1) is 5.92 Å². The van der Waals surface area contributed by atoms with Gasteiger partial charge in [-0.05, 0) is 37.0 Å². The second-order valence-electron chi connectivity index (χ2n) is 8.58. The van der Waals surface area contributed by atoms with Gasteiger partial charge in [0.2, 0.25) is 5.91 Å². The monoisotopic (exact) mass is 484 g/mol. The Morgan fingerprint density at radius 1 is 1.24 bits per heavy atom. The van der Waals surface area contributed by atoms with Crippen molar-refractivity contribution < 1.29 is 15.0 Å². The van der Waals surface area contributed by atoms with Gasteiger partial charge >= 0.3 is 0 Å². The zero-order valence-corrected chi connectivity index (χ0v) is 19.1. The number of β-amino-alcohol motifs (C(OH)–C–C–N with tert-alkyl or cyclic N) is 2. The quantitative estimate of drug-likeness (QED) is 0.409. The van der Waals surface area contributed by atoms with Crippen LogP contribution in [-0.4, -0.2) is 65.9 Å². The third-order valence-electron chi connectivity index (χ3n) is 6.50. The van der Waals surface area contributed by atoms with E-state index in [4.69, 9.17) is 11.6 Å². The van der Waals surface area contributed by atoms with Crippen molar-refractivity contribution in [2.45, 2.75) is 31.5 Å². The summed E-state index contributed by atoms with van der Waals surface area (Å²) in [4.78, 5) is 25.6. The van der Waals surface area contributed by atoms with E-state index in [0.717, 1.165) is 32.7 Å². The Morgan fingerprint density at radius 2 is 2.06 bits per heavy atom. The topological polar surface area (TPSA) is 116 Å². The van der Waals surface area contributed by atoms with Crippen molar-refractivity contribution in [3.05, 3.63) is 46.3 Å². The number of aromatic nitrogens is 4. The van der Waals surface area contributed by atoms with Crippen molar-refractivity contribution in [2.75, 3.05) is 18.4 Å². The number of carbonyl (C=O) groups is 1. The molecule has 170 valence electrons. The van der Waals surface area contributed by atoms with Crippen molar-refractivity contribution in [3.63, 3.8) is 0 Å². The minimum absolute atomic E-state index is 0.000898. The summed E-state index contributed by atoms with van der Waals surface area (Å²) in [5.41, 5.74) is 2.82. The number of nitrogens with one attached hydrogen (secondary N) is 1. The molecule has 3 N–H and O–H groups in total. The molecule has 4 aromatic heterocycles. The first-order valence-corrected chi connectivity index (χ1v) is 12.0. The smallest absolute Gasteiger partial charge is 0.226 e. The minimum Gasteiger partial charge on any atom is -0.388 e. The third kappa shape index (κ3) is 3.54. The molecule has 1 fully saturated rings. The highest BCUT2D eigenvalue weighted by Gasteiger charge is 2.37. The van der Waals surface area contributed by atoms with Crippen LogP contribution in [0.5, 0.6) is 0 Å². The number of anilines is 2. The Bertz CT molecular complexity index is 1380. The van der Waals surface area contributed by atoms with Gasteiger partial charge in [0.1, 0.15) is 17.0 Å². The summed E-state index contributed by atoms with van der Waals surface area (Å²) in [6.45, 7) is 0.384. The molecule has 0 radical (unpaired) electrons. The molecule has 0 spiro atoms. The van der Waals surface area contributed by atoms with Gasteiger partial charge in [-0.15, -0.1) is 11.3 Å². The van der Waals surface area contributed by atoms with Crippen LogP contribution >= 0.6 is 22.9 Å². The van der Waals surface area contributed by atoms with Crippen LogP contribution in [0.2, 0.25) is 5.02 Å². The molecule has 0 aromatic carbocycles. The number of pyridine rings is 1. The van der Waals surface area contributed by atoms with Crippen molar-refractivity contribution in [2.24, 2.45) is 5.92 Å². The summed E-state index contributed by atoms with van der Waals surface area (Å²) in [7, 11) is 0. The van der Waals surface area contributed by atoms with Crippen molar-refractivity contribution in [1.82, 2.24) is 24.5 Å². The van der Waals surface area contributed by atoms with Crippen LogP contribution in [-0.2, 0) is 17.6 Å². The number of hydrogen-bond donors (Lipinski definition) is 3. The molecule has 5 heterocycles. The number of thiophene rings is 1. The highest BCUT2D eigenvalue weighted by molar-refractivity contribution is 7.19. The Balaban J connectivity index is 1.30. The third-order valence-corrected chi connectivity index (χ3v) is 7.97. The van der Waals surface area contributed by atoms with Crippen LogP contribution in [0.3, 0.4) is 0 Å². The lowest BCUT2D eigenvalue weighted by molar-refractivity contribution is -0.135. The summed E-state index contributed by atoms with van der Waals surface area (Å²) in [6.07, 6.45) is 5.34. The van der Waals surface area contributed by atoms with Gasteiger partial charge in [-0.2, -0.15) is 5.10 Å². The molecule has 3 atom stereocenters. The standard InChI is InChI=1S/C22H21ClN6O3S/c23-14-7-29-12(3-4-26-29)6-15(14)27-20-19-13-2-1-11(5-18(13)33-21(19)25-10-24-20)22(32)28-8-16(30)17(31)9-28/h3-4,6-7,10-11,16-17,30-31H,1-2,5,8-9H2,(H,24,25,27)/t11-,16-,17-/m0/s1. The van der Waals surface area contributed by atoms with E-state index in [2.05, 4.69) is 20.4 Å². The van der Waals surface area contributed by atoms with Gasteiger partial charge in [0.05, 0.1) is 33.8 Å². The number of aryl methyl sites for hydroxylation is 1. The number of rotatable bonds is 3. The first-order chi connectivity index (χ1) is 16.0. The number of nitrogens with zero attached hydrogens (tertiary/aromatic N) is 5. The Hall–Kier alpha value is -2.79. The van der Waals surface area contributed by atoms with Crippen molar-refractivity contribution in [1.29, 1.82) is 0 Å². The van der Waals surface area contributed by atoms with Gasteiger partial charge in [0.15, 0.2) is 0 Å². The van der Waals surface area contributed by atoms with Crippen LogP contribution in [0.1, 0.15) is 16.9 Å². The summed E-state index contributed by atoms with van der Waals surface area (Å²) in [5, 5.41) is 28.7. The molecule has 0 bridgehead atoms. The average Bonchev–Trinajstić information content (AvgIpc) is 3.50. The first-order valence-electron chi connectivity index (χ1n) is 10.8. The number of aliphatic hydroxyl groups is 2. The van der Waals surface area contributed by atoms with Gasteiger partial charge in [-0.1, -0.05) is 11.6 Å². The van der Waals surface area contributed by atoms with Crippen LogP contribution in [0.15, 0.2) is 30.9 Å². The zero-order valence-electron chi connectivity index (χ0n) is 17.5. The molecule has 0 unspecified atom stereocenters. The van der Waals surface area contributed by atoms with E-state index in [9.17, 15) is 15.0 Å². The van der Waals surface area contributed by atoms with E-state index < -0.39 is 12.2 Å². The maximum absolute atomic E-state index is 13.0. The Kier molecular flexibility index (Phi) is 4.98. The van der Waals surface area contributed by atoms with Gasteiger partial charge in [0.25, 0.3) is 0 Å². The lowest BCUT2D eigenvalue weighted by Gasteiger charge is -2.26. The molecule has 6 rings (SSSR count). The molecule has 33 heavy (non-hydrogen) atoms. The van der Waals surface area contributed by atoms with Gasteiger partial charge in [0, 0.05) is 36.3 Å². The molecule has 1 aliphatic carbocycles. The van der Waals surface area contributed by atoms with E-state index in [1.807, 2.05) is 12.1 Å². The van der Waals surface area contributed by atoms with E-state index >= 15 is 0 Å². The van der Waals surface area contributed by atoms with Gasteiger partial charge in [-0.3, -0.25) is 4.79 Å². The molecule has 9 nitrogen and oxygen atoms in total. The first kappa shape index (κ1) is 20.8. The largest absolute Gasteiger partial charge is 0.388 e. The molecule has 0 saturated carbocycles. The summed E-state index contributed by atoms with van der Waals surface area (Å²) < 4.78 is 1.71. The van der Waals surface area contributed by atoms with Gasteiger partial charge < -0.3 is 20.4 Å². The summed E-state index contributed by atoms with van der Waals surface area (Å²) >= 11 is 8.06. The highest BCUT2D eigenvalue weighted by atomic mass is 35.5. The number of halogens is 1. The SMILES string of the molecule is O=C([C@H]1CCc2c(sc3ncnc(Nc4cc5ccnn5cc4Cl)c23)C1)N1C[C@H](O)[C@@H](O)C1. The fraction of sp³-hybridized carbons (Fsp3) is 0.364. The number of fused-ring (bicyclic) bond motifs is 4. The van der Waals surface area contributed by atoms with Crippen LogP contribution in [0.4, 0.5) is 11.5 Å². The summed E-state index contributed by atoms with van der Waals surface area (Å²) in [6, 6.07) is 3.83. The minimum atomic E-state index is -0.866. The molecule has 1 amide bonds. The molecule has 11 heteroatoms. The van der Waals surface area contributed by atoms with E-state index in [0.29, 0.717) is 23.7 Å². The lowest BCUT2D eigenvalue weighted by atomic mass is 9.87. The van der Waals surface area contributed by atoms with Gasteiger partial charge in [-0.25, -0.2) is 14.5 Å². The Morgan fingerprint density at radius 3 is 2.88 bits per heavy atom. The number of aliphatic hydroxyl groups excluding tert-OH is 2. The molecular formula is C22H21ClN6O3S. The van der Waals surface area contributed by atoms with Crippen LogP contribution < -0.4 is 5.32 Å². The number of amides is 1. The lowest BCUT2D eigenvalue weighted by Crippen LogP contribution is -2.37. The Labute approximate surface area is 197 Å². The normalized spacial score (nSPS) is 22.8. The molecular weight excluding hydrogens is 464 g/mol. The fourth-order valence-corrected chi connectivity index (χ4v) is 6.25.